The maximum Gasteiger partial charge on any atom is 0.239 e. The molecule has 0 bridgehead atoms. The van der Waals surface area contributed by atoms with Crippen LogP contribution in [0.5, 0.6) is 0 Å². The van der Waals surface area contributed by atoms with Crippen LogP contribution in [-0.4, -0.2) is 21.4 Å². The molecule has 0 saturated heterocycles. The molecule has 0 radical (unpaired) electrons. The van der Waals surface area contributed by atoms with Crippen molar-refractivity contribution in [1.82, 2.24) is 10.3 Å². The van der Waals surface area contributed by atoms with Gasteiger partial charge in [-0.15, -0.1) is 0 Å². The minimum Gasteiger partial charge on any atom is -0.409 e. The Morgan fingerprint density at radius 2 is 1.75 bits per heavy atom. The second-order valence-electron chi connectivity index (χ2n) is 6.54. The van der Waals surface area contributed by atoms with Crippen molar-refractivity contribution in [3.63, 3.8) is 0 Å². The van der Waals surface area contributed by atoms with E-state index in [-0.39, 0.29) is 5.56 Å². The van der Waals surface area contributed by atoms with Crippen LogP contribution in [0.15, 0.2) is 78.1 Å². The maximum absolute atomic E-state index is 13.5. The predicted octanol–water partition coefficient (Wildman–Crippen LogP) is 6.02. The fraction of sp³-hybridized carbons (Fsp3) is 0.0455. The molecule has 4 nitrogen and oxygen atoms in total. The van der Waals surface area contributed by atoms with Crippen molar-refractivity contribution in [2.75, 3.05) is 0 Å². The molecule has 0 amide bonds. The van der Waals surface area contributed by atoms with Crippen LogP contribution in [0.4, 0.5) is 8.96 Å². The number of benzene rings is 3. The molecule has 0 aliphatic heterocycles. The Morgan fingerprint density at radius 1 is 0.964 bits per heavy atom. The van der Waals surface area contributed by atoms with Gasteiger partial charge in [-0.3, -0.25) is 0 Å². The summed E-state index contributed by atoms with van der Waals surface area (Å²) >= 11 is 0. The standard InChI is InChI=1S/C22H17F2N3O/c1-14-11-18(17-8-7-15-9-10-25-20(15)13-17)21(16-5-3-2-4-6-16)19(12-14)22(26-28)27(23)24/h2-13,25,28H,1H3. The normalized spacial score (nSPS) is 11.8. The number of aromatic nitrogens is 1. The predicted molar refractivity (Wildman–Crippen MR) is 106 cm³/mol. The number of nitrogens with zero attached hydrogens (tertiary/aromatic N) is 2. The smallest absolute Gasteiger partial charge is 0.239 e. The number of H-pyrrole nitrogens is 1. The molecule has 1 aromatic heterocycles. The molecule has 3 aromatic carbocycles. The summed E-state index contributed by atoms with van der Waals surface area (Å²) in [6.07, 6.45) is 1.86. The quantitative estimate of drug-likeness (QED) is 0.151. The SMILES string of the molecule is Cc1cc(C(=NO)N(F)F)c(-c2ccccc2)c(-c2ccc3cc[nH]c3c2)c1. The first-order chi connectivity index (χ1) is 13.6. The van der Waals surface area contributed by atoms with E-state index in [2.05, 4.69) is 10.1 Å². The molecule has 1 heterocycles. The molecule has 28 heavy (non-hydrogen) atoms. The van der Waals surface area contributed by atoms with Crippen LogP contribution in [0, 0.1) is 6.92 Å². The third kappa shape index (κ3) is 3.09. The highest BCUT2D eigenvalue weighted by atomic mass is 19.4. The molecule has 0 saturated carbocycles. The van der Waals surface area contributed by atoms with Gasteiger partial charge in [0.2, 0.25) is 5.84 Å². The van der Waals surface area contributed by atoms with Crippen LogP contribution in [-0.2, 0) is 0 Å². The van der Waals surface area contributed by atoms with Crippen molar-refractivity contribution in [2.24, 2.45) is 5.16 Å². The molecule has 2 N–H and O–H groups in total. The summed E-state index contributed by atoms with van der Waals surface area (Å²) in [6.45, 7) is 1.82. The van der Waals surface area contributed by atoms with Crippen LogP contribution in [0.1, 0.15) is 11.1 Å². The van der Waals surface area contributed by atoms with E-state index in [1.54, 1.807) is 6.07 Å². The topological polar surface area (TPSA) is 51.6 Å². The molecular formula is C22H17F2N3O. The molecular weight excluding hydrogens is 360 g/mol. The Balaban J connectivity index is 2.06. The second kappa shape index (κ2) is 7.15. The number of fused-ring (bicyclic) bond motifs is 1. The molecule has 4 aromatic rings. The third-order valence-electron chi connectivity index (χ3n) is 4.71. The Morgan fingerprint density at radius 3 is 2.46 bits per heavy atom. The zero-order chi connectivity index (χ0) is 19.7. The van der Waals surface area contributed by atoms with Gasteiger partial charge in [-0.2, -0.15) is 0 Å². The highest BCUT2D eigenvalue weighted by Crippen LogP contribution is 2.38. The number of amidine groups is 1. The number of nitrogens with one attached hydrogen (secondary N) is 1. The monoisotopic (exact) mass is 377 g/mol. The van der Waals surface area contributed by atoms with Crippen LogP contribution in [0.3, 0.4) is 0 Å². The lowest BCUT2D eigenvalue weighted by molar-refractivity contribution is -0.0755. The van der Waals surface area contributed by atoms with Gasteiger partial charge in [-0.05, 0) is 58.1 Å². The Labute approximate surface area is 160 Å². The summed E-state index contributed by atoms with van der Waals surface area (Å²) in [5, 5.41) is 12.0. The van der Waals surface area contributed by atoms with E-state index in [0.29, 0.717) is 5.56 Å². The van der Waals surface area contributed by atoms with E-state index in [4.69, 9.17) is 0 Å². The molecule has 140 valence electrons. The van der Waals surface area contributed by atoms with Gasteiger partial charge in [-0.25, -0.2) is 0 Å². The van der Waals surface area contributed by atoms with E-state index in [1.807, 2.05) is 73.8 Å². The third-order valence-corrected chi connectivity index (χ3v) is 4.71. The van der Waals surface area contributed by atoms with Crippen LogP contribution in [0.25, 0.3) is 33.2 Å². The minimum absolute atomic E-state index is 0.153. The Kier molecular flexibility index (Phi) is 4.53. The highest BCUT2D eigenvalue weighted by Gasteiger charge is 2.22. The molecule has 0 aliphatic rings. The molecule has 0 spiro atoms. The first-order valence-electron chi connectivity index (χ1n) is 8.70. The highest BCUT2D eigenvalue weighted by molar-refractivity contribution is 6.07. The van der Waals surface area contributed by atoms with Crippen LogP contribution < -0.4 is 0 Å². The number of halogens is 2. The number of hydrogen-bond donors (Lipinski definition) is 2. The van der Waals surface area contributed by atoms with Crippen molar-refractivity contribution in [3.05, 3.63) is 84.1 Å². The number of hydrogen-bond acceptors (Lipinski definition) is 2. The lowest BCUT2D eigenvalue weighted by Crippen LogP contribution is -2.17. The summed E-state index contributed by atoms with van der Waals surface area (Å²) in [7, 11) is 0. The van der Waals surface area contributed by atoms with E-state index >= 15 is 0 Å². The van der Waals surface area contributed by atoms with Crippen molar-refractivity contribution in [2.45, 2.75) is 6.92 Å². The van der Waals surface area contributed by atoms with E-state index in [1.165, 1.54) is 0 Å². The fourth-order valence-corrected chi connectivity index (χ4v) is 3.50. The summed E-state index contributed by atoms with van der Waals surface area (Å²) in [5.41, 5.74) is 4.86. The number of aryl methyl sites for hydroxylation is 1. The Bertz CT molecular complexity index is 1170. The van der Waals surface area contributed by atoms with Gasteiger partial charge in [0.25, 0.3) is 0 Å². The van der Waals surface area contributed by atoms with Crippen molar-refractivity contribution >= 4 is 16.7 Å². The van der Waals surface area contributed by atoms with E-state index < -0.39 is 11.2 Å². The lowest BCUT2D eigenvalue weighted by Gasteiger charge is -2.18. The van der Waals surface area contributed by atoms with Gasteiger partial charge in [0, 0.05) is 22.8 Å². The van der Waals surface area contributed by atoms with Gasteiger partial charge in [0.15, 0.2) is 0 Å². The summed E-state index contributed by atoms with van der Waals surface area (Å²) < 4.78 is 26.9. The van der Waals surface area contributed by atoms with E-state index in [0.717, 1.165) is 33.2 Å². The summed E-state index contributed by atoms with van der Waals surface area (Å²) in [4.78, 5) is 3.18. The average Bonchev–Trinajstić information content (AvgIpc) is 3.16. The van der Waals surface area contributed by atoms with Crippen molar-refractivity contribution in [3.8, 4) is 22.3 Å². The molecule has 0 unspecified atom stereocenters. The van der Waals surface area contributed by atoms with Crippen LogP contribution >= 0.6 is 0 Å². The zero-order valence-corrected chi connectivity index (χ0v) is 15.0. The molecule has 0 aliphatic carbocycles. The lowest BCUT2D eigenvalue weighted by atomic mass is 9.88. The first kappa shape index (κ1) is 17.7. The maximum atomic E-state index is 13.5. The molecule has 0 atom stereocenters. The van der Waals surface area contributed by atoms with Crippen LogP contribution in [0.2, 0.25) is 0 Å². The largest absolute Gasteiger partial charge is 0.409 e. The van der Waals surface area contributed by atoms with Gasteiger partial charge in [-0.1, -0.05) is 62.6 Å². The van der Waals surface area contributed by atoms with Gasteiger partial charge in [0.05, 0.1) is 0 Å². The first-order valence-corrected chi connectivity index (χ1v) is 8.70. The Hall–Kier alpha value is -3.67. The summed E-state index contributed by atoms with van der Waals surface area (Å²) in [6, 6.07) is 20.7. The average molecular weight is 377 g/mol. The number of rotatable bonds is 3. The van der Waals surface area contributed by atoms with Gasteiger partial charge < -0.3 is 10.2 Å². The van der Waals surface area contributed by atoms with Crippen molar-refractivity contribution in [1.29, 1.82) is 0 Å². The molecule has 4 rings (SSSR count). The second-order valence-corrected chi connectivity index (χ2v) is 6.54. The molecule has 0 fully saturated rings. The van der Waals surface area contributed by atoms with E-state index in [9.17, 15) is 14.2 Å². The number of aromatic amines is 1. The number of oxime groups is 1. The minimum atomic E-state index is -1.17. The van der Waals surface area contributed by atoms with Gasteiger partial charge >= 0.3 is 0 Å². The molecule has 6 heteroatoms. The zero-order valence-electron chi connectivity index (χ0n) is 15.0. The van der Waals surface area contributed by atoms with Crippen molar-refractivity contribution < 1.29 is 14.2 Å². The summed E-state index contributed by atoms with van der Waals surface area (Å²) in [5.74, 6) is -0.801. The fourth-order valence-electron chi connectivity index (χ4n) is 3.50. The van der Waals surface area contributed by atoms with Gasteiger partial charge in [0.1, 0.15) is 0 Å².